The highest BCUT2D eigenvalue weighted by Gasteiger charge is 2.43. The summed E-state index contributed by atoms with van der Waals surface area (Å²) in [5.74, 6) is 0. The Morgan fingerprint density at radius 1 is 1.40 bits per heavy atom. The van der Waals surface area contributed by atoms with Crippen molar-refractivity contribution in [3.8, 4) is 0 Å². The molecule has 1 amide bonds. The molecule has 1 aromatic heterocycles. The minimum Gasteiger partial charge on any atom is -0.444 e. The Labute approximate surface area is 122 Å². The molecule has 0 fully saturated rings. The van der Waals surface area contributed by atoms with Gasteiger partial charge in [-0.05, 0) is 32.9 Å². The zero-order valence-corrected chi connectivity index (χ0v) is 12.7. The Morgan fingerprint density at radius 3 is 2.45 bits per heavy atom. The molecular formula is C12H14BrF3N2O2. The van der Waals surface area contributed by atoms with Gasteiger partial charge in [0, 0.05) is 10.7 Å². The van der Waals surface area contributed by atoms with Gasteiger partial charge in [-0.2, -0.15) is 13.2 Å². The molecule has 0 aromatic carbocycles. The number of amides is 1. The number of nitrogens with zero attached hydrogens (tertiary/aromatic N) is 1. The van der Waals surface area contributed by atoms with E-state index in [-0.39, 0.29) is 5.69 Å². The first-order chi connectivity index (χ1) is 8.99. The van der Waals surface area contributed by atoms with E-state index in [9.17, 15) is 18.0 Å². The van der Waals surface area contributed by atoms with Crippen molar-refractivity contribution in [2.24, 2.45) is 0 Å². The molecule has 8 heteroatoms. The van der Waals surface area contributed by atoms with Crippen LogP contribution >= 0.6 is 15.9 Å². The van der Waals surface area contributed by atoms with Crippen LogP contribution in [0.1, 0.15) is 32.5 Å². The van der Waals surface area contributed by atoms with Gasteiger partial charge in [-0.25, -0.2) is 4.79 Å². The molecule has 0 spiro atoms. The molecule has 112 valence electrons. The van der Waals surface area contributed by atoms with E-state index < -0.39 is 23.9 Å². The number of alkyl halides is 3. The first kappa shape index (κ1) is 16.7. The zero-order valence-electron chi connectivity index (χ0n) is 11.1. The molecule has 1 atom stereocenters. The van der Waals surface area contributed by atoms with Gasteiger partial charge in [0.1, 0.15) is 5.60 Å². The van der Waals surface area contributed by atoms with E-state index >= 15 is 0 Å². The molecule has 0 saturated carbocycles. The highest BCUT2D eigenvalue weighted by atomic mass is 79.9. The summed E-state index contributed by atoms with van der Waals surface area (Å²) in [7, 11) is 0. The fourth-order valence-corrected chi connectivity index (χ4v) is 1.68. The van der Waals surface area contributed by atoms with E-state index in [1.165, 1.54) is 18.3 Å². The van der Waals surface area contributed by atoms with Crippen LogP contribution in [0.5, 0.6) is 0 Å². The van der Waals surface area contributed by atoms with Crippen molar-refractivity contribution in [1.29, 1.82) is 0 Å². The number of nitrogens with one attached hydrogen (secondary N) is 1. The molecule has 0 bridgehead atoms. The van der Waals surface area contributed by atoms with E-state index in [1.807, 2.05) is 0 Å². The Balaban J connectivity index is 2.95. The Kier molecular flexibility index (Phi) is 5.01. The number of rotatable bonds is 2. The molecule has 1 heterocycles. The number of ether oxygens (including phenoxy) is 1. The van der Waals surface area contributed by atoms with E-state index in [4.69, 9.17) is 4.74 Å². The molecule has 0 unspecified atom stereocenters. The largest absolute Gasteiger partial charge is 0.444 e. The number of carbonyl (C=O) groups is 1. The van der Waals surface area contributed by atoms with Gasteiger partial charge in [0.25, 0.3) is 0 Å². The molecule has 4 nitrogen and oxygen atoms in total. The van der Waals surface area contributed by atoms with Gasteiger partial charge < -0.3 is 10.1 Å². The normalized spacial score (nSPS) is 13.8. The molecule has 1 aromatic rings. The quantitative estimate of drug-likeness (QED) is 0.873. The summed E-state index contributed by atoms with van der Waals surface area (Å²) in [5.41, 5.74) is -1.21. The van der Waals surface area contributed by atoms with Crippen LogP contribution in [0.15, 0.2) is 22.8 Å². The van der Waals surface area contributed by atoms with Crippen molar-refractivity contribution in [3.63, 3.8) is 0 Å². The first-order valence-electron chi connectivity index (χ1n) is 5.67. The molecule has 0 aliphatic heterocycles. The van der Waals surface area contributed by atoms with Crippen LogP contribution in [-0.4, -0.2) is 22.9 Å². The van der Waals surface area contributed by atoms with Crippen LogP contribution < -0.4 is 5.32 Å². The van der Waals surface area contributed by atoms with Crippen LogP contribution in [0.3, 0.4) is 0 Å². The summed E-state index contributed by atoms with van der Waals surface area (Å²) in [5, 5.41) is 1.79. The summed E-state index contributed by atoms with van der Waals surface area (Å²) in [6.07, 6.45) is -4.61. The second-order valence-electron chi connectivity index (χ2n) is 5.02. The summed E-state index contributed by atoms with van der Waals surface area (Å²) >= 11 is 3.06. The molecule has 0 aliphatic carbocycles. The zero-order chi connectivity index (χ0) is 15.6. The fourth-order valence-electron chi connectivity index (χ4n) is 1.33. The van der Waals surface area contributed by atoms with Gasteiger partial charge in [-0.1, -0.05) is 15.9 Å². The molecule has 20 heavy (non-hydrogen) atoms. The van der Waals surface area contributed by atoms with Crippen molar-refractivity contribution >= 4 is 22.0 Å². The van der Waals surface area contributed by atoms with Crippen molar-refractivity contribution in [1.82, 2.24) is 10.3 Å². The topological polar surface area (TPSA) is 51.2 Å². The smallest absolute Gasteiger partial charge is 0.414 e. The maximum atomic E-state index is 13.0. The van der Waals surface area contributed by atoms with E-state index in [0.29, 0.717) is 4.47 Å². The number of halogens is 4. The van der Waals surface area contributed by atoms with Crippen LogP contribution in [-0.2, 0) is 4.74 Å². The minimum absolute atomic E-state index is 0.322. The Morgan fingerprint density at radius 2 is 2.00 bits per heavy atom. The number of aromatic nitrogens is 1. The predicted octanol–water partition coefficient (Wildman–Crippen LogP) is 3.97. The lowest BCUT2D eigenvalue weighted by molar-refractivity contribution is -0.157. The third-order valence-electron chi connectivity index (χ3n) is 2.03. The Hall–Kier alpha value is -1.31. The number of carbonyl (C=O) groups excluding carboxylic acids is 1. The van der Waals surface area contributed by atoms with Gasteiger partial charge in [-0.15, -0.1) is 0 Å². The molecule has 0 aliphatic rings. The molecule has 1 rings (SSSR count). The predicted molar refractivity (Wildman–Crippen MR) is 70.1 cm³/mol. The molecule has 0 radical (unpaired) electrons. The van der Waals surface area contributed by atoms with Gasteiger partial charge >= 0.3 is 12.3 Å². The number of alkyl carbamates (subject to hydrolysis) is 1. The standard InChI is InChI=1S/C12H14BrF3N2O2/c1-11(2,3)20-10(19)18-9(12(14,15)16)8-6-7(13)4-5-17-8/h4-6,9H,1-3H3,(H,18,19)/t9-/m1/s1. The monoisotopic (exact) mass is 354 g/mol. The second kappa shape index (κ2) is 5.99. The van der Waals surface area contributed by atoms with Crippen molar-refractivity contribution in [2.75, 3.05) is 0 Å². The second-order valence-corrected chi connectivity index (χ2v) is 5.94. The summed E-state index contributed by atoms with van der Waals surface area (Å²) < 4.78 is 44.3. The van der Waals surface area contributed by atoms with Gasteiger partial charge in [0.15, 0.2) is 6.04 Å². The lowest BCUT2D eigenvalue weighted by Gasteiger charge is -2.24. The van der Waals surface area contributed by atoms with Crippen molar-refractivity contribution in [2.45, 2.75) is 38.6 Å². The lowest BCUT2D eigenvalue weighted by Crippen LogP contribution is -2.41. The van der Waals surface area contributed by atoms with Crippen LogP contribution in [0.25, 0.3) is 0 Å². The third-order valence-corrected chi connectivity index (χ3v) is 2.52. The Bertz CT molecular complexity index is 486. The van der Waals surface area contributed by atoms with E-state index in [0.717, 1.165) is 0 Å². The van der Waals surface area contributed by atoms with Crippen molar-refractivity contribution in [3.05, 3.63) is 28.5 Å². The fraction of sp³-hybridized carbons (Fsp3) is 0.500. The maximum absolute atomic E-state index is 13.0. The minimum atomic E-state index is -4.68. The highest BCUT2D eigenvalue weighted by molar-refractivity contribution is 9.10. The summed E-state index contributed by atoms with van der Waals surface area (Å²) in [6.45, 7) is 4.69. The lowest BCUT2D eigenvalue weighted by atomic mass is 10.2. The van der Waals surface area contributed by atoms with Crippen LogP contribution in [0.2, 0.25) is 0 Å². The maximum Gasteiger partial charge on any atom is 0.414 e. The average molecular weight is 355 g/mol. The summed E-state index contributed by atoms with van der Waals surface area (Å²) in [4.78, 5) is 15.1. The number of hydrogen-bond donors (Lipinski definition) is 1. The van der Waals surface area contributed by atoms with Gasteiger partial charge in [-0.3, -0.25) is 4.98 Å². The van der Waals surface area contributed by atoms with Crippen LogP contribution in [0.4, 0.5) is 18.0 Å². The molecule has 0 saturated heterocycles. The van der Waals surface area contributed by atoms with Gasteiger partial charge in [0.2, 0.25) is 0 Å². The first-order valence-corrected chi connectivity index (χ1v) is 6.46. The van der Waals surface area contributed by atoms with E-state index in [1.54, 1.807) is 26.1 Å². The van der Waals surface area contributed by atoms with Gasteiger partial charge in [0.05, 0.1) is 5.69 Å². The third kappa shape index (κ3) is 5.36. The number of hydrogen-bond acceptors (Lipinski definition) is 3. The van der Waals surface area contributed by atoms with E-state index in [2.05, 4.69) is 20.9 Å². The molecular weight excluding hydrogens is 341 g/mol. The molecule has 1 N–H and O–H groups in total. The van der Waals surface area contributed by atoms with Crippen LogP contribution in [0, 0.1) is 0 Å². The van der Waals surface area contributed by atoms with Crippen molar-refractivity contribution < 1.29 is 22.7 Å². The SMILES string of the molecule is CC(C)(C)OC(=O)N[C@H](c1cc(Br)ccn1)C(F)(F)F. The highest BCUT2D eigenvalue weighted by Crippen LogP contribution is 2.32. The average Bonchev–Trinajstić information content (AvgIpc) is 2.21. The summed E-state index contributed by atoms with van der Waals surface area (Å²) in [6, 6.07) is 0.454. The number of pyridine rings is 1.